The van der Waals surface area contributed by atoms with E-state index in [1.807, 2.05) is 50.2 Å². The van der Waals surface area contributed by atoms with Gasteiger partial charge in [0.05, 0.1) is 12.8 Å². The number of furan rings is 1. The highest BCUT2D eigenvalue weighted by Gasteiger charge is 2.25. The minimum Gasteiger partial charge on any atom is -0.486 e. The van der Waals surface area contributed by atoms with Crippen LogP contribution in [-0.4, -0.2) is 42.8 Å². The molecule has 1 aromatic carbocycles. The summed E-state index contributed by atoms with van der Waals surface area (Å²) < 4.78 is 17.0. The van der Waals surface area contributed by atoms with Gasteiger partial charge in [0.25, 0.3) is 0 Å². The molecule has 0 unspecified atom stereocenters. The summed E-state index contributed by atoms with van der Waals surface area (Å²) in [6, 6.07) is 11.2. The number of nitrogens with zero attached hydrogens (tertiary/aromatic N) is 1. The third-order valence-corrected chi connectivity index (χ3v) is 4.12. The van der Waals surface area contributed by atoms with Crippen LogP contribution in [0.25, 0.3) is 0 Å². The molecule has 0 saturated carbocycles. The Bertz CT molecular complexity index is 686. The first kappa shape index (κ1) is 17.2. The molecule has 6 heteroatoms. The van der Waals surface area contributed by atoms with Crippen LogP contribution in [0.1, 0.15) is 19.6 Å². The molecular formula is C19H24N2O4. The Labute approximate surface area is 147 Å². The van der Waals surface area contributed by atoms with E-state index in [-0.39, 0.29) is 18.2 Å². The number of amides is 2. The molecule has 25 heavy (non-hydrogen) atoms. The molecule has 2 aromatic rings. The predicted molar refractivity (Wildman–Crippen MR) is 94.0 cm³/mol. The van der Waals surface area contributed by atoms with Gasteiger partial charge in [-0.3, -0.25) is 0 Å². The molecule has 2 heterocycles. The van der Waals surface area contributed by atoms with Crippen molar-refractivity contribution < 1.29 is 18.7 Å². The van der Waals surface area contributed by atoms with Gasteiger partial charge in [-0.2, -0.15) is 0 Å². The van der Waals surface area contributed by atoms with Crippen molar-refractivity contribution in [2.24, 2.45) is 0 Å². The average Bonchev–Trinajstić information content (AvgIpc) is 3.12. The van der Waals surface area contributed by atoms with Crippen LogP contribution in [-0.2, 0) is 6.42 Å². The molecule has 0 spiro atoms. The summed E-state index contributed by atoms with van der Waals surface area (Å²) in [6.45, 7) is 5.42. The van der Waals surface area contributed by atoms with Crippen molar-refractivity contribution in [2.75, 3.05) is 19.7 Å². The molecule has 0 radical (unpaired) electrons. The first-order chi connectivity index (χ1) is 12.2. The van der Waals surface area contributed by atoms with Crippen molar-refractivity contribution in [2.45, 2.75) is 32.4 Å². The summed E-state index contributed by atoms with van der Waals surface area (Å²) in [5.41, 5.74) is 0. The number of benzene rings is 1. The van der Waals surface area contributed by atoms with Crippen LogP contribution < -0.4 is 14.8 Å². The fraction of sp³-hybridized carbons (Fsp3) is 0.421. The van der Waals surface area contributed by atoms with Gasteiger partial charge in [-0.25, -0.2) is 4.79 Å². The fourth-order valence-corrected chi connectivity index (χ4v) is 2.84. The number of likely N-dealkylation sites (N-methyl/N-ethyl adjacent to an activating group) is 1. The number of fused-ring (bicyclic) bond motifs is 1. The van der Waals surface area contributed by atoms with E-state index in [0.717, 1.165) is 17.3 Å². The summed E-state index contributed by atoms with van der Waals surface area (Å²) in [5, 5.41) is 3.01. The maximum absolute atomic E-state index is 12.5. The van der Waals surface area contributed by atoms with Gasteiger partial charge in [0.15, 0.2) is 17.6 Å². The second-order valence-corrected chi connectivity index (χ2v) is 6.17. The quantitative estimate of drug-likeness (QED) is 0.875. The SMILES string of the molecule is CCN(C[C@@H]1COc2ccccc2O1)C(=O)N[C@H](C)Cc1ccco1. The Morgan fingerprint density at radius 1 is 1.28 bits per heavy atom. The van der Waals surface area contributed by atoms with Gasteiger partial charge in [-0.1, -0.05) is 12.1 Å². The minimum atomic E-state index is -0.180. The molecule has 1 aliphatic heterocycles. The van der Waals surface area contributed by atoms with Crippen LogP contribution in [0.3, 0.4) is 0 Å². The molecule has 6 nitrogen and oxygen atoms in total. The predicted octanol–water partition coefficient (Wildman–Crippen LogP) is 3.08. The van der Waals surface area contributed by atoms with Gasteiger partial charge < -0.3 is 24.1 Å². The maximum Gasteiger partial charge on any atom is 0.317 e. The summed E-state index contributed by atoms with van der Waals surface area (Å²) in [4.78, 5) is 14.3. The van der Waals surface area contributed by atoms with Gasteiger partial charge in [-0.15, -0.1) is 0 Å². The van der Waals surface area contributed by atoms with Gasteiger partial charge >= 0.3 is 6.03 Å². The lowest BCUT2D eigenvalue weighted by Crippen LogP contribution is -2.49. The zero-order chi connectivity index (χ0) is 17.6. The number of hydrogen-bond acceptors (Lipinski definition) is 4. The molecule has 3 rings (SSSR count). The average molecular weight is 344 g/mol. The molecule has 134 valence electrons. The molecule has 1 aromatic heterocycles. The molecule has 0 bridgehead atoms. The largest absolute Gasteiger partial charge is 0.486 e. The Morgan fingerprint density at radius 3 is 2.80 bits per heavy atom. The van der Waals surface area contributed by atoms with E-state index in [0.29, 0.717) is 26.1 Å². The number of nitrogens with one attached hydrogen (secondary N) is 1. The number of rotatable bonds is 6. The van der Waals surface area contributed by atoms with Crippen molar-refractivity contribution >= 4 is 6.03 Å². The van der Waals surface area contributed by atoms with Crippen LogP contribution in [0.15, 0.2) is 47.1 Å². The van der Waals surface area contributed by atoms with E-state index in [4.69, 9.17) is 13.9 Å². The number of para-hydroxylation sites is 2. The minimum absolute atomic E-state index is 0.0167. The Balaban J connectivity index is 1.52. The first-order valence-electron chi connectivity index (χ1n) is 8.62. The zero-order valence-corrected chi connectivity index (χ0v) is 14.6. The lowest BCUT2D eigenvalue weighted by molar-refractivity contribution is 0.0672. The second kappa shape index (κ2) is 7.96. The van der Waals surface area contributed by atoms with Crippen molar-refractivity contribution in [3.8, 4) is 11.5 Å². The van der Waals surface area contributed by atoms with Crippen molar-refractivity contribution in [1.82, 2.24) is 10.2 Å². The van der Waals surface area contributed by atoms with E-state index < -0.39 is 0 Å². The van der Waals surface area contributed by atoms with E-state index in [9.17, 15) is 4.79 Å². The first-order valence-corrected chi connectivity index (χ1v) is 8.62. The van der Waals surface area contributed by atoms with E-state index in [1.54, 1.807) is 11.2 Å². The Morgan fingerprint density at radius 2 is 2.08 bits per heavy atom. The molecule has 0 saturated heterocycles. The van der Waals surface area contributed by atoms with Gasteiger partial charge in [0.1, 0.15) is 12.4 Å². The highest BCUT2D eigenvalue weighted by molar-refractivity contribution is 5.74. The molecule has 2 atom stereocenters. The van der Waals surface area contributed by atoms with Crippen LogP contribution in [0.5, 0.6) is 11.5 Å². The molecule has 1 N–H and O–H groups in total. The highest BCUT2D eigenvalue weighted by Crippen LogP contribution is 2.31. The maximum atomic E-state index is 12.5. The third-order valence-electron chi connectivity index (χ3n) is 4.12. The van der Waals surface area contributed by atoms with E-state index >= 15 is 0 Å². The van der Waals surface area contributed by atoms with Gasteiger partial charge in [-0.05, 0) is 38.1 Å². The smallest absolute Gasteiger partial charge is 0.317 e. The Kier molecular flexibility index (Phi) is 5.48. The van der Waals surface area contributed by atoms with Crippen molar-refractivity contribution in [3.63, 3.8) is 0 Å². The zero-order valence-electron chi connectivity index (χ0n) is 14.6. The van der Waals surface area contributed by atoms with Crippen LogP contribution >= 0.6 is 0 Å². The van der Waals surface area contributed by atoms with Crippen molar-refractivity contribution in [1.29, 1.82) is 0 Å². The van der Waals surface area contributed by atoms with E-state index in [2.05, 4.69) is 5.32 Å². The lowest BCUT2D eigenvalue weighted by Gasteiger charge is -2.31. The van der Waals surface area contributed by atoms with Crippen LogP contribution in [0, 0.1) is 0 Å². The number of urea groups is 1. The molecule has 0 fully saturated rings. The summed E-state index contributed by atoms with van der Waals surface area (Å²) >= 11 is 0. The monoisotopic (exact) mass is 344 g/mol. The molecule has 0 aliphatic carbocycles. The normalized spacial score (nSPS) is 17.0. The standard InChI is InChI=1S/C19H24N2O4/c1-3-21(19(22)20-14(2)11-15-7-6-10-23-15)12-16-13-24-17-8-4-5-9-18(17)25-16/h4-10,14,16H,3,11-13H2,1-2H3,(H,20,22)/t14-,16-/m1/s1. The number of ether oxygens (including phenoxy) is 2. The van der Waals surface area contributed by atoms with Crippen LogP contribution in [0.4, 0.5) is 4.79 Å². The van der Waals surface area contributed by atoms with Crippen LogP contribution in [0.2, 0.25) is 0 Å². The molecule has 1 aliphatic rings. The fourth-order valence-electron chi connectivity index (χ4n) is 2.84. The summed E-state index contributed by atoms with van der Waals surface area (Å²) in [7, 11) is 0. The molecule has 2 amide bonds. The number of hydrogen-bond donors (Lipinski definition) is 1. The van der Waals surface area contributed by atoms with E-state index in [1.165, 1.54) is 0 Å². The summed E-state index contributed by atoms with van der Waals surface area (Å²) in [5.74, 6) is 2.33. The summed E-state index contributed by atoms with van der Waals surface area (Å²) in [6.07, 6.45) is 2.12. The van der Waals surface area contributed by atoms with Gasteiger partial charge in [0.2, 0.25) is 0 Å². The highest BCUT2D eigenvalue weighted by atomic mass is 16.6. The molecular weight excluding hydrogens is 320 g/mol. The third kappa shape index (κ3) is 4.47. The van der Waals surface area contributed by atoms with Crippen molar-refractivity contribution in [3.05, 3.63) is 48.4 Å². The second-order valence-electron chi connectivity index (χ2n) is 6.17. The number of carbonyl (C=O) groups is 1. The number of carbonyl (C=O) groups excluding carboxylic acids is 1. The van der Waals surface area contributed by atoms with Gasteiger partial charge in [0, 0.05) is 19.0 Å². The Hall–Kier alpha value is -2.63. The lowest BCUT2D eigenvalue weighted by atomic mass is 10.2. The topological polar surface area (TPSA) is 63.9 Å².